The molecular formula is C16H26N2O2. The number of methoxy groups -OCH3 is 1. The van der Waals surface area contributed by atoms with Gasteiger partial charge in [0, 0.05) is 39.0 Å². The fraction of sp³-hybridized carbons (Fsp3) is 0.625. The minimum absolute atomic E-state index is 0.259. The van der Waals surface area contributed by atoms with Crippen molar-refractivity contribution in [3.63, 3.8) is 0 Å². The first kappa shape index (κ1) is 15.4. The van der Waals surface area contributed by atoms with Crippen LogP contribution in [0.15, 0.2) is 24.3 Å². The lowest BCUT2D eigenvalue weighted by Gasteiger charge is -2.37. The summed E-state index contributed by atoms with van der Waals surface area (Å²) in [5.74, 6) is 0. The Labute approximate surface area is 121 Å². The van der Waals surface area contributed by atoms with E-state index in [-0.39, 0.29) is 6.04 Å². The number of benzene rings is 1. The normalized spacial score (nSPS) is 18.4. The number of hydrogen-bond donors (Lipinski definition) is 1. The van der Waals surface area contributed by atoms with E-state index in [0.717, 1.165) is 26.1 Å². The van der Waals surface area contributed by atoms with Crippen molar-refractivity contribution in [2.45, 2.75) is 31.5 Å². The van der Waals surface area contributed by atoms with E-state index in [2.05, 4.69) is 36.2 Å². The van der Waals surface area contributed by atoms with Gasteiger partial charge in [0.2, 0.25) is 0 Å². The van der Waals surface area contributed by atoms with Gasteiger partial charge in [0.1, 0.15) is 0 Å². The monoisotopic (exact) mass is 278 g/mol. The van der Waals surface area contributed by atoms with Crippen LogP contribution in [0.3, 0.4) is 0 Å². The van der Waals surface area contributed by atoms with E-state index in [1.807, 2.05) is 0 Å². The highest BCUT2D eigenvalue weighted by Gasteiger charge is 2.25. The van der Waals surface area contributed by atoms with Crippen LogP contribution in [-0.4, -0.2) is 44.9 Å². The quantitative estimate of drug-likeness (QED) is 0.864. The summed E-state index contributed by atoms with van der Waals surface area (Å²) in [6.45, 7) is 2.99. The SMILES string of the molecule is COCc1cccc(C(CN)N(C)C2CCOCC2)c1. The third-order valence-corrected chi connectivity index (χ3v) is 4.13. The maximum absolute atomic E-state index is 6.03. The van der Waals surface area contributed by atoms with Crippen molar-refractivity contribution in [3.05, 3.63) is 35.4 Å². The first-order valence-corrected chi connectivity index (χ1v) is 7.33. The van der Waals surface area contributed by atoms with Crippen molar-refractivity contribution < 1.29 is 9.47 Å². The summed E-state index contributed by atoms with van der Waals surface area (Å²) in [6, 6.07) is 9.36. The number of nitrogens with two attached hydrogens (primary N) is 1. The summed E-state index contributed by atoms with van der Waals surface area (Å²) in [5.41, 5.74) is 8.50. The van der Waals surface area contributed by atoms with E-state index in [1.165, 1.54) is 11.1 Å². The zero-order valence-electron chi connectivity index (χ0n) is 12.5. The van der Waals surface area contributed by atoms with Crippen LogP contribution in [-0.2, 0) is 16.1 Å². The third-order valence-electron chi connectivity index (χ3n) is 4.13. The van der Waals surface area contributed by atoms with Crippen LogP contribution in [0.25, 0.3) is 0 Å². The molecule has 4 nitrogen and oxygen atoms in total. The zero-order valence-corrected chi connectivity index (χ0v) is 12.5. The largest absolute Gasteiger partial charge is 0.381 e. The van der Waals surface area contributed by atoms with Gasteiger partial charge in [0.05, 0.1) is 6.61 Å². The lowest BCUT2D eigenvalue weighted by atomic mass is 9.99. The Morgan fingerprint density at radius 3 is 2.80 bits per heavy atom. The zero-order chi connectivity index (χ0) is 14.4. The summed E-state index contributed by atoms with van der Waals surface area (Å²) in [5, 5.41) is 0. The molecule has 1 unspecified atom stereocenters. The topological polar surface area (TPSA) is 47.7 Å². The Bertz CT molecular complexity index is 405. The van der Waals surface area contributed by atoms with Gasteiger partial charge in [-0.3, -0.25) is 4.90 Å². The average molecular weight is 278 g/mol. The lowest BCUT2D eigenvalue weighted by molar-refractivity contribution is 0.0293. The van der Waals surface area contributed by atoms with Crippen LogP contribution < -0.4 is 5.73 Å². The Hall–Kier alpha value is -0.940. The van der Waals surface area contributed by atoms with E-state index >= 15 is 0 Å². The highest BCUT2D eigenvalue weighted by Crippen LogP contribution is 2.25. The molecule has 1 saturated heterocycles. The summed E-state index contributed by atoms with van der Waals surface area (Å²) in [7, 11) is 3.90. The second kappa shape index (κ2) is 7.74. The molecule has 0 saturated carbocycles. The molecule has 1 aliphatic rings. The first-order valence-electron chi connectivity index (χ1n) is 7.33. The van der Waals surface area contributed by atoms with Gasteiger partial charge in [0.15, 0.2) is 0 Å². The van der Waals surface area contributed by atoms with Crippen molar-refractivity contribution in [1.82, 2.24) is 4.90 Å². The molecule has 0 bridgehead atoms. The van der Waals surface area contributed by atoms with Gasteiger partial charge in [0.25, 0.3) is 0 Å². The predicted molar refractivity (Wildman–Crippen MR) is 80.6 cm³/mol. The maximum Gasteiger partial charge on any atom is 0.0713 e. The highest BCUT2D eigenvalue weighted by molar-refractivity contribution is 5.26. The smallest absolute Gasteiger partial charge is 0.0713 e. The first-order chi connectivity index (χ1) is 9.76. The van der Waals surface area contributed by atoms with E-state index < -0.39 is 0 Å². The van der Waals surface area contributed by atoms with Crippen molar-refractivity contribution in [1.29, 1.82) is 0 Å². The minimum atomic E-state index is 0.259. The van der Waals surface area contributed by atoms with Gasteiger partial charge in [-0.15, -0.1) is 0 Å². The van der Waals surface area contributed by atoms with E-state index in [9.17, 15) is 0 Å². The summed E-state index contributed by atoms with van der Waals surface area (Å²) >= 11 is 0. The van der Waals surface area contributed by atoms with Crippen LogP contribution in [0.1, 0.15) is 30.0 Å². The van der Waals surface area contributed by atoms with Gasteiger partial charge in [-0.2, -0.15) is 0 Å². The van der Waals surface area contributed by atoms with Crippen molar-refractivity contribution >= 4 is 0 Å². The Balaban J connectivity index is 2.11. The molecule has 0 radical (unpaired) electrons. The fourth-order valence-electron chi connectivity index (χ4n) is 2.94. The molecule has 20 heavy (non-hydrogen) atoms. The molecule has 1 aromatic carbocycles. The Morgan fingerprint density at radius 2 is 2.15 bits per heavy atom. The van der Waals surface area contributed by atoms with E-state index in [1.54, 1.807) is 7.11 Å². The summed E-state index contributed by atoms with van der Waals surface area (Å²) in [6.07, 6.45) is 2.18. The van der Waals surface area contributed by atoms with Gasteiger partial charge < -0.3 is 15.2 Å². The molecule has 1 aromatic rings. The number of hydrogen-bond acceptors (Lipinski definition) is 4. The third kappa shape index (κ3) is 3.79. The number of rotatable bonds is 6. The van der Waals surface area contributed by atoms with Crippen LogP contribution in [0, 0.1) is 0 Å². The highest BCUT2D eigenvalue weighted by atomic mass is 16.5. The van der Waals surface area contributed by atoms with Gasteiger partial charge in [-0.25, -0.2) is 0 Å². The summed E-state index contributed by atoms with van der Waals surface area (Å²) < 4.78 is 10.7. The molecule has 2 rings (SSSR count). The van der Waals surface area contributed by atoms with Crippen LogP contribution in [0.2, 0.25) is 0 Å². The fourth-order valence-corrected chi connectivity index (χ4v) is 2.94. The molecule has 4 heteroatoms. The Morgan fingerprint density at radius 1 is 1.40 bits per heavy atom. The molecule has 1 atom stereocenters. The molecule has 1 aliphatic heterocycles. The number of nitrogens with zero attached hydrogens (tertiary/aromatic N) is 1. The van der Waals surface area contributed by atoms with Gasteiger partial charge >= 0.3 is 0 Å². The molecule has 2 N–H and O–H groups in total. The molecule has 0 amide bonds. The molecule has 1 fully saturated rings. The van der Waals surface area contributed by atoms with E-state index in [0.29, 0.717) is 19.2 Å². The molecule has 0 aliphatic carbocycles. The lowest BCUT2D eigenvalue weighted by Crippen LogP contribution is -2.41. The summed E-state index contributed by atoms with van der Waals surface area (Å²) in [4.78, 5) is 2.41. The Kier molecular flexibility index (Phi) is 5.98. The minimum Gasteiger partial charge on any atom is -0.381 e. The standard InChI is InChI=1S/C16H26N2O2/c1-18(15-6-8-20-9-7-15)16(11-17)14-5-3-4-13(10-14)12-19-2/h3-5,10,15-16H,6-9,11-12,17H2,1-2H3. The second-order valence-corrected chi connectivity index (χ2v) is 5.44. The average Bonchev–Trinajstić information content (AvgIpc) is 2.49. The van der Waals surface area contributed by atoms with Crippen molar-refractivity contribution in [2.75, 3.05) is 33.9 Å². The predicted octanol–water partition coefficient (Wildman–Crippen LogP) is 1.94. The molecular weight excluding hydrogens is 252 g/mol. The molecule has 0 aromatic heterocycles. The van der Waals surface area contributed by atoms with Crippen LogP contribution >= 0.6 is 0 Å². The molecule has 112 valence electrons. The van der Waals surface area contributed by atoms with Crippen molar-refractivity contribution in [2.24, 2.45) is 5.73 Å². The molecule has 0 spiro atoms. The maximum atomic E-state index is 6.03. The van der Waals surface area contributed by atoms with E-state index in [4.69, 9.17) is 15.2 Å². The second-order valence-electron chi connectivity index (χ2n) is 5.44. The van der Waals surface area contributed by atoms with Gasteiger partial charge in [-0.1, -0.05) is 24.3 Å². The van der Waals surface area contributed by atoms with Crippen LogP contribution in [0.5, 0.6) is 0 Å². The number of ether oxygens (including phenoxy) is 2. The van der Waals surface area contributed by atoms with Gasteiger partial charge in [-0.05, 0) is 31.0 Å². The van der Waals surface area contributed by atoms with Crippen molar-refractivity contribution in [3.8, 4) is 0 Å². The molecule has 1 heterocycles. The number of likely N-dealkylation sites (N-methyl/N-ethyl adjacent to an activating group) is 1. The van der Waals surface area contributed by atoms with Crippen LogP contribution in [0.4, 0.5) is 0 Å².